The molecule has 0 radical (unpaired) electrons. The van der Waals surface area contributed by atoms with E-state index in [9.17, 15) is 14.3 Å². The largest absolute Gasteiger partial charge is 0.491 e. The Morgan fingerprint density at radius 2 is 2.24 bits per heavy atom. The SMILES string of the molecule is C=CCOCC(O)CN(CC(=O)N1CCc2sccc2C1COc1cccc(F)c1)C1CC1. The molecule has 1 aromatic heterocycles. The van der Waals surface area contributed by atoms with Gasteiger partial charge in [-0.3, -0.25) is 9.69 Å². The van der Waals surface area contributed by atoms with Crippen molar-refractivity contribution < 1.29 is 23.8 Å². The smallest absolute Gasteiger partial charge is 0.237 e. The second-order valence-corrected chi connectivity index (χ2v) is 9.56. The third kappa shape index (κ3) is 6.41. The number of aliphatic hydroxyl groups excluding tert-OH is 1. The second-order valence-electron chi connectivity index (χ2n) is 8.56. The Bertz CT molecular complexity index is 948. The molecule has 0 bridgehead atoms. The van der Waals surface area contributed by atoms with Crippen LogP contribution < -0.4 is 4.74 Å². The number of nitrogens with zero attached hydrogens (tertiary/aromatic N) is 2. The zero-order valence-electron chi connectivity index (χ0n) is 18.7. The van der Waals surface area contributed by atoms with Crippen molar-refractivity contribution in [2.24, 2.45) is 0 Å². The first-order valence-corrected chi connectivity index (χ1v) is 12.3. The zero-order chi connectivity index (χ0) is 23.2. The lowest BCUT2D eigenvalue weighted by Crippen LogP contribution is -2.48. The summed E-state index contributed by atoms with van der Waals surface area (Å²) in [4.78, 5) is 18.6. The van der Waals surface area contributed by atoms with Crippen molar-refractivity contribution in [2.45, 2.75) is 37.5 Å². The number of hydrogen-bond acceptors (Lipinski definition) is 6. The summed E-state index contributed by atoms with van der Waals surface area (Å²) in [5.74, 6) is 0.119. The number of halogens is 1. The van der Waals surface area contributed by atoms with Crippen LogP contribution in [0.3, 0.4) is 0 Å². The van der Waals surface area contributed by atoms with Gasteiger partial charge in [-0.25, -0.2) is 4.39 Å². The van der Waals surface area contributed by atoms with Crippen LogP contribution in [0.5, 0.6) is 5.75 Å². The lowest BCUT2D eigenvalue weighted by molar-refractivity contribution is -0.136. The number of amides is 1. The number of carbonyl (C=O) groups excluding carboxylic acids is 1. The Labute approximate surface area is 198 Å². The van der Waals surface area contributed by atoms with Gasteiger partial charge in [0.1, 0.15) is 18.2 Å². The number of rotatable bonds is 12. The summed E-state index contributed by atoms with van der Waals surface area (Å²) in [6, 6.07) is 8.22. The van der Waals surface area contributed by atoms with Crippen LogP contribution >= 0.6 is 11.3 Å². The summed E-state index contributed by atoms with van der Waals surface area (Å²) < 4.78 is 24.8. The highest BCUT2D eigenvalue weighted by atomic mass is 32.1. The van der Waals surface area contributed by atoms with Gasteiger partial charge in [0, 0.05) is 30.1 Å². The Balaban J connectivity index is 1.42. The van der Waals surface area contributed by atoms with Crippen LogP contribution in [0, 0.1) is 5.82 Å². The molecule has 1 fully saturated rings. The van der Waals surface area contributed by atoms with Gasteiger partial charge in [0.15, 0.2) is 0 Å². The lowest BCUT2D eigenvalue weighted by Gasteiger charge is -2.37. The van der Waals surface area contributed by atoms with Crippen LogP contribution in [0.4, 0.5) is 4.39 Å². The molecule has 1 aliphatic heterocycles. The lowest BCUT2D eigenvalue weighted by atomic mass is 10.0. The Morgan fingerprint density at radius 1 is 1.39 bits per heavy atom. The van der Waals surface area contributed by atoms with Gasteiger partial charge in [0.05, 0.1) is 31.9 Å². The van der Waals surface area contributed by atoms with E-state index >= 15 is 0 Å². The molecule has 2 aliphatic rings. The highest BCUT2D eigenvalue weighted by Crippen LogP contribution is 2.34. The molecule has 1 N–H and O–H groups in total. The van der Waals surface area contributed by atoms with Crippen LogP contribution in [0.2, 0.25) is 0 Å². The molecule has 1 aliphatic carbocycles. The van der Waals surface area contributed by atoms with Crippen LogP contribution in [0.25, 0.3) is 0 Å². The first-order chi connectivity index (χ1) is 16.0. The van der Waals surface area contributed by atoms with E-state index in [2.05, 4.69) is 17.5 Å². The van der Waals surface area contributed by atoms with E-state index in [0.717, 1.165) is 24.8 Å². The van der Waals surface area contributed by atoms with E-state index in [4.69, 9.17) is 9.47 Å². The molecular weight excluding hydrogens is 443 g/mol. The van der Waals surface area contributed by atoms with Gasteiger partial charge >= 0.3 is 0 Å². The minimum Gasteiger partial charge on any atom is -0.491 e. The molecule has 2 heterocycles. The van der Waals surface area contributed by atoms with Crippen molar-refractivity contribution in [3.8, 4) is 5.75 Å². The molecule has 178 valence electrons. The average Bonchev–Trinajstić information content (AvgIpc) is 3.54. The molecule has 33 heavy (non-hydrogen) atoms. The van der Waals surface area contributed by atoms with Crippen LogP contribution in [-0.4, -0.2) is 72.4 Å². The number of ether oxygens (including phenoxy) is 2. The fraction of sp³-hybridized carbons (Fsp3) is 0.480. The minimum atomic E-state index is -0.657. The van der Waals surface area contributed by atoms with Gasteiger partial charge in [-0.2, -0.15) is 0 Å². The molecule has 0 saturated heterocycles. The molecule has 4 rings (SSSR count). The predicted octanol–water partition coefficient (Wildman–Crippen LogP) is 3.42. The van der Waals surface area contributed by atoms with Gasteiger partial charge in [-0.1, -0.05) is 12.1 Å². The average molecular weight is 475 g/mol. The van der Waals surface area contributed by atoms with Crippen LogP contribution in [0.1, 0.15) is 29.3 Å². The third-order valence-corrected chi connectivity index (χ3v) is 7.01. The first kappa shape index (κ1) is 23.9. The summed E-state index contributed by atoms with van der Waals surface area (Å²) in [6.45, 7) is 5.75. The molecule has 1 amide bonds. The van der Waals surface area contributed by atoms with Crippen LogP contribution in [-0.2, 0) is 16.0 Å². The highest BCUT2D eigenvalue weighted by Gasteiger charge is 2.36. The highest BCUT2D eigenvalue weighted by molar-refractivity contribution is 7.10. The molecule has 8 heteroatoms. The standard InChI is InChI=1S/C25H31FN2O4S/c1-2-11-31-16-20(29)14-27(19-6-7-19)15-25(30)28-10-8-24-22(9-12-33-24)23(28)17-32-21-5-3-4-18(26)13-21/h2-5,9,12-13,19-20,23,29H,1,6-8,10-11,14-17H2. The topological polar surface area (TPSA) is 62.2 Å². The summed E-state index contributed by atoms with van der Waals surface area (Å²) in [5.41, 5.74) is 1.10. The van der Waals surface area contributed by atoms with Gasteiger partial charge in [-0.15, -0.1) is 17.9 Å². The van der Waals surface area contributed by atoms with Crippen molar-refractivity contribution in [2.75, 3.05) is 39.5 Å². The van der Waals surface area contributed by atoms with Crippen molar-refractivity contribution >= 4 is 17.2 Å². The second kappa shape index (κ2) is 11.2. The van der Waals surface area contributed by atoms with Crippen molar-refractivity contribution in [3.05, 3.63) is 64.6 Å². The third-order valence-electron chi connectivity index (χ3n) is 6.01. The van der Waals surface area contributed by atoms with Gasteiger partial charge in [0.25, 0.3) is 0 Å². The minimum absolute atomic E-state index is 0.0193. The monoisotopic (exact) mass is 474 g/mol. The molecule has 2 aromatic rings. The van der Waals surface area contributed by atoms with E-state index in [1.807, 2.05) is 10.3 Å². The maximum absolute atomic E-state index is 13.6. The number of thiophene rings is 1. The first-order valence-electron chi connectivity index (χ1n) is 11.4. The Morgan fingerprint density at radius 3 is 3.00 bits per heavy atom. The Hall–Kier alpha value is -2.26. The fourth-order valence-electron chi connectivity index (χ4n) is 4.26. The van der Waals surface area contributed by atoms with E-state index in [1.165, 1.54) is 17.0 Å². The van der Waals surface area contributed by atoms with Gasteiger partial charge in [-0.05, 0) is 48.4 Å². The van der Waals surface area contributed by atoms with Crippen molar-refractivity contribution in [3.63, 3.8) is 0 Å². The van der Waals surface area contributed by atoms with Crippen molar-refractivity contribution in [1.29, 1.82) is 0 Å². The summed E-state index contributed by atoms with van der Waals surface area (Å²) in [5, 5.41) is 12.4. The van der Waals surface area contributed by atoms with E-state index in [-0.39, 0.29) is 37.5 Å². The van der Waals surface area contributed by atoms with Crippen LogP contribution in [0.15, 0.2) is 48.4 Å². The van der Waals surface area contributed by atoms with E-state index in [1.54, 1.807) is 29.5 Å². The molecule has 1 saturated carbocycles. The number of benzene rings is 1. The normalized spacial score (nSPS) is 18.8. The van der Waals surface area contributed by atoms with Gasteiger partial charge < -0.3 is 19.5 Å². The van der Waals surface area contributed by atoms with Gasteiger partial charge in [0.2, 0.25) is 5.91 Å². The number of carbonyl (C=O) groups is 1. The molecule has 2 atom stereocenters. The quantitative estimate of drug-likeness (QED) is 0.377. The molecule has 1 aromatic carbocycles. The summed E-state index contributed by atoms with van der Waals surface area (Å²) >= 11 is 1.70. The number of fused-ring (bicyclic) bond motifs is 1. The summed E-state index contributed by atoms with van der Waals surface area (Å²) in [6.07, 6.45) is 3.88. The molecule has 0 spiro atoms. The predicted molar refractivity (Wildman–Crippen MR) is 126 cm³/mol. The summed E-state index contributed by atoms with van der Waals surface area (Å²) in [7, 11) is 0. The maximum atomic E-state index is 13.6. The fourth-order valence-corrected chi connectivity index (χ4v) is 5.19. The molecular formula is C25H31FN2O4S. The van der Waals surface area contributed by atoms with E-state index < -0.39 is 6.10 Å². The van der Waals surface area contributed by atoms with E-state index in [0.29, 0.717) is 31.5 Å². The number of aliphatic hydroxyl groups is 1. The molecule has 6 nitrogen and oxygen atoms in total. The zero-order valence-corrected chi connectivity index (χ0v) is 19.5. The van der Waals surface area contributed by atoms with Crippen molar-refractivity contribution in [1.82, 2.24) is 9.80 Å². The Kier molecular flexibility index (Phi) is 8.14. The molecule has 2 unspecified atom stereocenters. The maximum Gasteiger partial charge on any atom is 0.237 e. The number of hydrogen-bond donors (Lipinski definition) is 1.